The molecular formula is C63H103NO8. The number of rotatable bonds is 46. The van der Waals surface area contributed by atoms with Gasteiger partial charge in [0.25, 0.3) is 0 Å². The number of carbonyl (C=O) groups is 1. The molecule has 72 heavy (non-hydrogen) atoms. The molecule has 0 radical (unpaired) electrons. The van der Waals surface area contributed by atoms with E-state index in [0.29, 0.717) is 12.8 Å². The molecule has 0 aromatic rings. The van der Waals surface area contributed by atoms with Crippen molar-refractivity contribution < 1.29 is 39.8 Å². The first-order chi connectivity index (χ1) is 35.3. The maximum Gasteiger partial charge on any atom is 0.220 e. The van der Waals surface area contributed by atoms with Crippen molar-refractivity contribution in [2.24, 2.45) is 0 Å². The van der Waals surface area contributed by atoms with E-state index in [1.165, 1.54) is 57.8 Å². The fourth-order valence-electron chi connectivity index (χ4n) is 8.05. The normalized spacial score (nSPS) is 20.2. The van der Waals surface area contributed by atoms with Gasteiger partial charge < -0.3 is 40.3 Å². The number of aliphatic hydroxyl groups is 5. The monoisotopic (exact) mass is 1000 g/mol. The third-order valence-corrected chi connectivity index (χ3v) is 12.5. The van der Waals surface area contributed by atoms with Crippen molar-refractivity contribution in [3.8, 4) is 0 Å². The lowest BCUT2D eigenvalue weighted by atomic mass is 9.99. The van der Waals surface area contributed by atoms with Crippen LogP contribution in [0.15, 0.2) is 134 Å². The SMILES string of the molecule is CC/C=C\C/C=C\C/C=C\C/C=C\C/C=C\C/C=C\C/C=C\C/C=C\C/C=C\C/C=C\C/C=C\CCCCCC(=O)NC(COC1OC(CO)C(O)C(O)C1O)C(O)CCCCCCCCCCCCCC. The number of hydrogen-bond acceptors (Lipinski definition) is 8. The highest BCUT2D eigenvalue weighted by Crippen LogP contribution is 2.23. The Morgan fingerprint density at radius 2 is 0.861 bits per heavy atom. The number of hydrogen-bond donors (Lipinski definition) is 6. The second kappa shape index (κ2) is 50.8. The summed E-state index contributed by atoms with van der Waals surface area (Å²) in [5.74, 6) is -0.183. The minimum atomic E-state index is -1.57. The van der Waals surface area contributed by atoms with Crippen LogP contribution in [-0.4, -0.2) is 87.5 Å². The zero-order chi connectivity index (χ0) is 52.2. The number of ether oxygens (including phenoxy) is 2. The van der Waals surface area contributed by atoms with E-state index < -0.39 is 49.5 Å². The molecule has 0 aromatic carbocycles. The van der Waals surface area contributed by atoms with Crippen LogP contribution < -0.4 is 5.32 Å². The Morgan fingerprint density at radius 3 is 1.26 bits per heavy atom. The van der Waals surface area contributed by atoms with Gasteiger partial charge in [-0.05, 0) is 96.3 Å². The van der Waals surface area contributed by atoms with Crippen LogP contribution in [0.25, 0.3) is 0 Å². The average Bonchev–Trinajstić information content (AvgIpc) is 3.38. The average molecular weight is 1000 g/mol. The molecule has 0 aliphatic carbocycles. The third-order valence-electron chi connectivity index (χ3n) is 12.5. The van der Waals surface area contributed by atoms with Crippen molar-refractivity contribution in [3.05, 3.63) is 134 Å². The second-order valence-electron chi connectivity index (χ2n) is 19.0. The molecule has 1 fully saturated rings. The van der Waals surface area contributed by atoms with E-state index in [0.717, 1.165) is 116 Å². The lowest BCUT2D eigenvalue weighted by Crippen LogP contribution is -2.60. The molecule has 6 N–H and O–H groups in total. The van der Waals surface area contributed by atoms with Crippen molar-refractivity contribution in [2.75, 3.05) is 13.2 Å². The molecule has 1 saturated heterocycles. The highest BCUT2D eigenvalue weighted by atomic mass is 16.7. The smallest absolute Gasteiger partial charge is 0.220 e. The van der Waals surface area contributed by atoms with Gasteiger partial charge in [-0.15, -0.1) is 0 Å². The first-order valence-corrected chi connectivity index (χ1v) is 28.4. The predicted molar refractivity (Wildman–Crippen MR) is 303 cm³/mol. The van der Waals surface area contributed by atoms with Crippen LogP contribution in [0.3, 0.4) is 0 Å². The van der Waals surface area contributed by atoms with Gasteiger partial charge in [-0.2, -0.15) is 0 Å². The van der Waals surface area contributed by atoms with Crippen LogP contribution in [-0.2, 0) is 14.3 Å². The lowest BCUT2D eigenvalue weighted by molar-refractivity contribution is -0.302. The summed E-state index contributed by atoms with van der Waals surface area (Å²) in [4.78, 5) is 13.0. The van der Waals surface area contributed by atoms with Gasteiger partial charge in [-0.1, -0.05) is 231 Å². The largest absolute Gasteiger partial charge is 0.394 e. The van der Waals surface area contributed by atoms with E-state index in [1.54, 1.807) is 0 Å². The molecule has 9 heteroatoms. The van der Waals surface area contributed by atoms with Gasteiger partial charge in [0.2, 0.25) is 5.91 Å². The third kappa shape index (κ3) is 39.8. The number of aliphatic hydroxyl groups excluding tert-OH is 5. The molecule has 1 amide bonds. The molecule has 1 aliphatic heterocycles. The van der Waals surface area contributed by atoms with Gasteiger partial charge in [0, 0.05) is 6.42 Å². The Morgan fingerprint density at radius 1 is 0.486 bits per heavy atom. The van der Waals surface area contributed by atoms with Gasteiger partial charge in [-0.25, -0.2) is 0 Å². The molecule has 7 unspecified atom stereocenters. The van der Waals surface area contributed by atoms with E-state index in [9.17, 15) is 30.3 Å². The molecule has 0 saturated carbocycles. The van der Waals surface area contributed by atoms with Crippen LogP contribution in [0, 0.1) is 0 Å². The first-order valence-electron chi connectivity index (χ1n) is 28.4. The van der Waals surface area contributed by atoms with E-state index >= 15 is 0 Å². The molecule has 9 nitrogen and oxygen atoms in total. The zero-order valence-electron chi connectivity index (χ0n) is 45.1. The van der Waals surface area contributed by atoms with Gasteiger partial charge >= 0.3 is 0 Å². The van der Waals surface area contributed by atoms with Crippen LogP contribution in [0.2, 0.25) is 0 Å². The lowest BCUT2D eigenvalue weighted by Gasteiger charge is -2.40. The van der Waals surface area contributed by atoms with Crippen molar-refractivity contribution in [1.29, 1.82) is 0 Å². The van der Waals surface area contributed by atoms with Gasteiger partial charge in [0.1, 0.15) is 24.4 Å². The predicted octanol–water partition coefficient (Wildman–Crippen LogP) is 14.1. The van der Waals surface area contributed by atoms with Gasteiger partial charge in [-0.3, -0.25) is 4.79 Å². The van der Waals surface area contributed by atoms with E-state index in [1.807, 2.05) is 0 Å². The molecule has 408 valence electrons. The highest BCUT2D eigenvalue weighted by molar-refractivity contribution is 5.76. The molecule has 0 aromatic heterocycles. The van der Waals surface area contributed by atoms with Crippen LogP contribution in [0.4, 0.5) is 0 Å². The minimum absolute atomic E-state index is 0.160. The summed E-state index contributed by atoms with van der Waals surface area (Å²) in [7, 11) is 0. The summed E-state index contributed by atoms with van der Waals surface area (Å²) < 4.78 is 11.3. The van der Waals surface area contributed by atoms with E-state index in [4.69, 9.17) is 9.47 Å². The summed E-state index contributed by atoms with van der Waals surface area (Å²) in [6.07, 6.45) is 70.5. The number of nitrogens with one attached hydrogen (secondary N) is 1. The van der Waals surface area contributed by atoms with Crippen molar-refractivity contribution in [1.82, 2.24) is 5.32 Å². The molecule has 1 aliphatic rings. The Hall–Kier alpha value is -3.67. The number of unbranched alkanes of at least 4 members (excludes halogenated alkanes) is 14. The standard InChI is InChI=1S/C63H103NO8/c1-3-5-7-9-11-13-15-17-18-19-20-21-22-23-24-25-26-27-28-29-30-31-32-33-34-35-36-37-38-39-40-41-43-45-47-49-51-53-59(67)64-56(55-71-63-62(70)61(69)60(68)58(54-65)72-63)57(66)52-50-48-46-44-42-16-14-12-10-8-6-4-2/h5,7,11,13,17-18,20-21,23-24,26-27,29-30,32-33,35-36,38-39,41,43,56-58,60-63,65-66,68-70H,3-4,6,8-10,12,14-16,19,22,25,28,31,34,37,40,42,44-55H2,1-2H3,(H,64,67)/b7-5-,13-11-,18-17-,21-20-,24-23-,27-26-,30-29-,33-32-,36-35-,39-38-,43-41-. The molecular weight excluding hydrogens is 899 g/mol. The number of carbonyl (C=O) groups excluding carboxylic acids is 1. The van der Waals surface area contributed by atoms with Crippen molar-refractivity contribution in [3.63, 3.8) is 0 Å². The number of allylic oxidation sites excluding steroid dienone is 22. The topological polar surface area (TPSA) is 149 Å². The Kier molecular flexibility index (Phi) is 46.9. The van der Waals surface area contributed by atoms with Gasteiger partial charge in [0.05, 0.1) is 25.4 Å². The molecule has 0 bridgehead atoms. The van der Waals surface area contributed by atoms with Crippen molar-refractivity contribution in [2.45, 2.75) is 243 Å². The minimum Gasteiger partial charge on any atom is -0.394 e. The summed E-state index contributed by atoms with van der Waals surface area (Å²) in [5, 5.41) is 54.5. The van der Waals surface area contributed by atoms with Crippen molar-refractivity contribution >= 4 is 5.91 Å². The molecule has 1 rings (SSSR count). The van der Waals surface area contributed by atoms with Gasteiger partial charge in [0.15, 0.2) is 6.29 Å². The summed E-state index contributed by atoms with van der Waals surface area (Å²) >= 11 is 0. The first kappa shape index (κ1) is 66.3. The molecule has 0 spiro atoms. The van der Waals surface area contributed by atoms with Crippen LogP contribution >= 0.6 is 0 Å². The Bertz CT molecular complexity index is 1580. The quantitative estimate of drug-likeness (QED) is 0.0261. The zero-order valence-corrected chi connectivity index (χ0v) is 45.1. The fraction of sp³-hybridized carbons (Fsp3) is 0.635. The Balaban J connectivity index is 2.21. The molecule has 1 heterocycles. The second-order valence-corrected chi connectivity index (χ2v) is 19.0. The fourth-order valence-corrected chi connectivity index (χ4v) is 8.05. The Labute approximate surface area is 439 Å². The highest BCUT2D eigenvalue weighted by Gasteiger charge is 2.44. The summed E-state index contributed by atoms with van der Waals surface area (Å²) in [6, 6.07) is -0.746. The maximum atomic E-state index is 13.0. The van der Waals surface area contributed by atoms with E-state index in [-0.39, 0.29) is 12.5 Å². The molecule has 7 atom stereocenters. The maximum absolute atomic E-state index is 13.0. The van der Waals surface area contributed by atoms with Crippen LogP contribution in [0.5, 0.6) is 0 Å². The van der Waals surface area contributed by atoms with Crippen LogP contribution in [0.1, 0.15) is 200 Å². The summed E-state index contributed by atoms with van der Waals surface area (Å²) in [5.41, 5.74) is 0. The number of amides is 1. The van der Waals surface area contributed by atoms with E-state index in [2.05, 4.69) is 153 Å². The summed E-state index contributed by atoms with van der Waals surface area (Å²) in [6.45, 7) is 3.68.